The van der Waals surface area contributed by atoms with E-state index in [0.717, 1.165) is 19.5 Å². The van der Waals surface area contributed by atoms with Crippen molar-refractivity contribution < 1.29 is 9.21 Å². The van der Waals surface area contributed by atoms with Gasteiger partial charge in [-0.1, -0.05) is 32.0 Å². The van der Waals surface area contributed by atoms with Gasteiger partial charge in [0.15, 0.2) is 0 Å². The predicted molar refractivity (Wildman–Crippen MR) is 81.3 cm³/mol. The first kappa shape index (κ1) is 13.9. The smallest absolute Gasteiger partial charge is 0.343 e. The highest BCUT2D eigenvalue weighted by molar-refractivity contribution is 6.06. The van der Waals surface area contributed by atoms with Crippen molar-refractivity contribution in [2.75, 3.05) is 13.1 Å². The Labute approximate surface area is 123 Å². The molecular formula is C17H19NO3. The first-order chi connectivity index (χ1) is 10.1. The number of likely N-dealkylation sites (tertiary alicyclic amines) is 1. The number of hydrogen-bond acceptors (Lipinski definition) is 3. The summed E-state index contributed by atoms with van der Waals surface area (Å²) >= 11 is 0. The summed E-state index contributed by atoms with van der Waals surface area (Å²) in [5, 5.41) is 1.13. The van der Waals surface area contributed by atoms with Crippen LogP contribution >= 0.6 is 0 Å². The van der Waals surface area contributed by atoms with Gasteiger partial charge in [-0.15, -0.1) is 0 Å². The molecule has 0 saturated carbocycles. The Balaban J connectivity index is 2.02. The number of hydrogen-bond donors (Lipinski definition) is 0. The number of nitrogens with zero attached hydrogens (tertiary/aromatic N) is 1. The lowest BCUT2D eigenvalue weighted by molar-refractivity contribution is 0.0622. The molecule has 4 nitrogen and oxygen atoms in total. The number of piperidine rings is 1. The Kier molecular flexibility index (Phi) is 3.53. The number of fused-ring (bicyclic) bond motifs is 1. The van der Waals surface area contributed by atoms with Crippen molar-refractivity contribution in [3.63, 3.8) is 0 Å². The number of benzene rings is 1. The van der Waals surface area contributed by atoms with E-state index >= 15 is 0 Å². The van der Waals surface area contributed by atoms with Crippen molar-refractivity contribution in [2.24, 2.45) is 11.8 Å². The van der Waals surface area contributed by atoms with Gasteiger partial charge in [0.1, 0.15) is 6.26 Å². The van der Waals surface area contributed by atoms with Gasteiger partial charge in [-0.3, -0.25) is 4.79 Å². The van der Waals surface area contributed by atoms with Crippen LogP contribution in [0, 0.1) is 11.8 Å². The van der Waals surface area contributed by atoms with Crippen LogP contribution in [0.4, 0.5) is 0 Å². The number of carbonyl (C=O) groups is 1. The third kappa shape index (κ3) is 2.58. The van der Waals surface area contributed by atoms with Crippen molar-refractivity contribution in [1.29, 1.82) is 0 Å². The molecule has 2 atom stereocenters. The Morgan fingerprint density at radius 2 is 1.76 bits per heavy atom. The van der Waals surface area contributed by atoms with E-state index in [-0.39, 0.29) is 5.91 Å². The lowest BCUT2D eigenvalue weighted by Crippen LogP contribution is -2.42. The predicted octanol–water partition coefficient (Wildman–Crippen LogP) is 2.91. The second kappa shape index (κ2) is 5.35. The molecule has 0 spiro atoms. The fourth-order valence-electron chi connectivity index (χ4n) is 3.30. The fourth-order valence-corrected chi connectivity index (χ4v) is 3.30. The van der Waals surface area contributed by atoms with Gasteiger partial charge >= 0.3 is 5.63 Å². The summed E-state index contributed by atoms with van der Waals surface area (Å²) < 4.78 is 5.03. The molecule has 1 fully saturated rings. The van der Waals surface area contributed by atoms with Crippen molar-refractivity contribution in [3.8, 4) is 0 Å². The van der Waals surface area contributed by atoms with E-state index in [1.807, 2.05) is 11.0 Å². The van der Waals surface area contributed by atoms with Crippen LogP contribution in [0.1, 0.15) is 30.6 Å². The molecule has 2 aromatic rings. The van der Waals surface area contributed by atoms with Gasteiger partial charge in [-0.25, -0.2) is 4.79 Å². The van der Waals surface area contributed by atoms with Crippen LogP contribution in [0.2, 0.25) is 0 Å². The van der Waals surface area contributed by atoms with Crippen LogP contribution < -0.4 is 5.63 Å². The third-order valence-corrected chi connectivity index (χ3v) is 4.11. The Morgan fingerprint density at radius 1 is 1.14 bits per heavy atom. The molecule has 0 bridgehead atoms. The van der Waals surface area contributed by atoms with Crippen LogP contribution in [-0.4, -0.2) is 23.9 Å². The van der Waals surface area contributed by atoms with Crippen molar-refractivity contribution in [2.45, 2.75) is 20.3 Å². The summed E-state index contributed by atoms with van der Waals surface area (Å²) in [5.74, 6) is 0.952. The molecule has 2 unspecified atom stereocenters. The van der Waals surface area contributed by atoms with Gasteiger partial charge in [0.25, 0.3) is 5.91 Å². The zero-order valence-electron chi connectivity index (χ0n) is 12.3. The molecule has 2 heterocycles. The van der Waals surface area contributed by atoms with Gasteiger partial charge in [-0.2, -0.15) is 0 Å². The number of carbonyl (C=O) groups excluding carboxylic acids is 1. The summed E-state index contributed by atoms with van der Waals surface area (Å²) in [4.78, 5) is 26.4. The van der Waals surface area contributed by atoms with Crippen molar-refractivity contribution in [3.05, 3.63) is 46.5 Å². The second-order valence-electron chi connectivity index (χ2n) is 6.14. The minimum absolute atomic E-state index is 0.0478. The maximum absolute atomic E-state index is 12.8. The van der Waals surface area contributed by atoms with Crippen molar-refractivity contribution >= 4 is 16.7 Å². The van der Waals surface area contributed by atoms with E-state index in [9.17, 15) is 9.59 Å². The third-order valence-electron chi connectivity index (χ3n) is 4.11. The van der Waals surface area contributed by atoms with Crippen molar-refractivity contribution in [1.82, 2.24) is 4.90 Å². The maximum Gasteiger partial charge on any atom is 0.343 e. The Morgan fingerprint density at radius 3 is 2.43 bits per heavy atom. The first-order valence-electron chi connectivity index (χ1n) is 7.36. The molecule has 1 aliphatic heterocycles. The van der Waals surface area contributed by atoms with Gasteiger partial charge in [-0.05, 0) is 24.3 Å². The normalized spacial score (nSPS) is 22.5. The van der Waals surface area contributed by atoms with E-state index in [2.05, 4.69) is 13.8 Å². The van der Waals surface area contributed by atoms with Crippen LogP contribution in [-0.2, 0) is 0 Å². The molecule has 0 aliphatic carbocycles. The van der Waals surface area contributed by atoms with Crippen LogP contribution in [0.15, 0.2) is 39.7 Å². The maximum atomic E-state index is 12.8. The lowest BCUT2D eigenvalue weighted by Gasteiger charge is -2.35. The highest BCUT2D eigenvalue weighted by Gasteiger charge is 2.27. The molecule has 1 amide bonds. The summed E-state index contributed by atoms with van der Waals surface area (Å²) in [5.41, 5.74) is 0.0778. The molecule has 1 saturated heterocycles. The van der Waals surface area contributed by atoms with E-state index < -0.39 is 5.63 Å². The molecule has 21 heavy (non-hydrogen) atoms. The van der Waals surface area contributed by atoms with Crippen LogP contribution in [0.3, 0.4) is 0 Å². The van der Waals surface area contributed by atoms with Crippen LogP contribution in [0.5, 0.6) is 0 Å². The molecule has 3 rings (SSSR count). The molecular weight excluding hydrogens is 266 g/mol. The molecule has 1 aromatic carbocycles. The minimum atomic E-state index is -0.400. The largest absolute Gasteiger partial charge is 0.430 e. The standard InChI is InChI=1S/C17H19NO3/c1-11-7-12(2)9-18(8-11)16(19)15-10-21-17(20)14-6-4-3-5-13(14)15/h3-6,10-12H,7-9H2,1-2H3. The minimum Gasteiger partial charge on any atom is -0.430 e. The molecule has 110 valence electrons. The first-order valence-corrected chi connectivity index (χ1v) is 7.36. The highest BCUT2D eigenvalue weighted by Crippen LogP contribution is 2.24. The van der Waals surface area contributed by atoms with E-state index in [1.165, 1.54) is 6.26 Å². The zero-order chi connectivity index (χ0) is 15.0. The average molecular weight is 285 g/mol. The van der Waals surface area contributed by atoms with Gasteiger partial charge < -0.3 is 9.32 Å². The van der Waals surface area contributed by atoms with Gasteiger partial charge in [0.2, 0.25) is 0 Å². The van der Waals surface area contributed by atoms with Gasteiger partial charge in [0, 0.05) is 18.5 Å². The van der Waals surface area contributed by atoms with E-state index in [0.29, 0.717) is 28.2 Å². The number of rotatable bonds is 1. The van der Waals surface area contributed by atoms with E-state index in [4.69, 9.17) is 4.42 Å². The summed E-state index contributed by atoms with van der Waals surface area (Å²) in [6, 6.07) is 7.11. The monoisotopic (exact) mass is 285 g/mol. The average Bonchev–Trinajstić information content (AvgIpc) is 2.46. The lowest BCUT2D eigenvalue weighted by atomic mass is 9.91. The molecule has 0 N–H and O–H groups in total. The fraction of sp³-hybridized carbons (Fsp3) is 0.412. The quantitative estimate of drug-likeness (QED) is 0.809. The molecule has 0 radical (unpaired) electrons. The van der Waals surface area contributed by atoms with Gasteiger partial charge in [0.05, 0.1) is 10.9 Å². The second-order valence-corrected chi connectivity index (χ2v) is 6.14. The molecule has 4 heteroatoms. The topological polar surface area (TPSA) is 50.5 Å². The number of amides is 1. The van der Waals surface area contributed by atoms with E-state index in [1.54, 1.807) is 18.2 Å². The highest BCUT2D eigenvalue weighted by atomic mass is 16.4. The molecule has 1 aliphatic rings. The summed E-state index contributed by atoms with van der Waals surface area (Å²) in [7, 11) is 0. The Bertz CT molecular complexity index is 724. The summed E-state index contributed by atoms with van der Waals surface area (Å²) in [6.07, 6.45) is 2.45. The molecule has 1 aromatic heterocycles. The Hall–Kier alpha value is -2.10. The zero-order valence-corrected chi connectivity index (χ0v) is 12.3. The summed E-state index contributed by atoms with van der Waals surface area (Å²) in [6.45, 7) is 5.85. The van der Waals surface area contributed by atoms with Crippen LogP contribution in [0.25, 0.3) is 10.8 Å². The SMILES string of the molecule is CC1CC(C)CN(C(=O)c2coc(=O)c3ccccc23)C1.